The highest BCUT2D eigenvalue weighted by Crippen LogP contribution is 2.30. The highest BCUT2D eigenvalue weighted by molar-refractivity contribution is 14.1. The maximum Gasteiger partial charge on any atom is 0.251 e. The fraction of sp³-hybridized carbons (Fsp3) is 0.417. The molecule has 4 heteroatoms. The third-order valence-electron chi connectivity index (χ3n) is 2.95. The van der Waals surface area contributed by atoms with Crippen LogP contribution in [0.1, 0.15) is 29.6 Å². The SMILES string of the molecule is O=C(NCC1(O)CCC1)c1cccc(I)c1. The lowest BCUT2D eigenvalue weighted by Crippen LogP contribution is -2.47. The molecule has 2 rings (SSSR count). The van der Waals surface area contributed by atoms with Gasteiger partial charge in [0.2, 0.25) is 0 Å². The van der Waals surface area contributed by atoms with E-state index in [9.17, 15) is 9.90 Å². The minimum Gasteiger partial charge on any atom is -0.388 e. The van der Waals surface area contributed by atoms with Gasteiger partial charge in [0.15, 0.2) is 0 Å². The number of rotatable bonds is 3. The van der Waals surface area contributed by atoms with E-state index < -0.39 is 5.60 Å². The Morgan fingerprint density at radius 2 is 2.25 bits per heavy atom. The van der Waals surface area contributed by atoms with Crippen molar-refractivity contribution in [1.29, 1.82) is 0 Å². The van der Waals surface area contributed by atoms with Crippen molar-refractivity contribution >= 4 is 28.5 Å². The number of carbonyl (C=O) groups is 1. The van der Waals surface area contributed by atoms with Gasteiger partial charge in [0.25, 0.3) is 5.91 Å². The van der Waals surface area contributed by atoms with Crippen molar-refractivity contribution in [3.8, 4) is 0 Å². The number of nitrogens with one attached hydrogen (secondary N) is 1. The average molecular weight is 331 g/mol. The molecule has 0 spiro atoms. The maximum absolute atomic E-state index is 11.8. The summed E-state index contributed by atoms with van der Waals surface area (Å²) in [6.45, 7) is 0.358. The Morgan fingerprint density at radius 1 is 1.50 bits per heavy atom. The van der Waals surface area contributed by atoms with Crippen molar-refractivity contribution < 1.29 is 9.90 Å². The van der Waals surface area contributed by atoms with Crippen LogP contribution in [0.3, 0.4) is 0 Å². The molecule has 86 valence electrons. The molecular formula is C12H14INO2. The standard InChI is InChI=1S/C12H14INO2/c13-10-4-1-3-9(7-10)11(15)14-8-12(16)5-2-6-12/h1,3-4,7,16H,2,5-6,8H2,(H,14,15). The topological polar surface area (TPSA) is 49.3 Å². The van der Waals surface area contributed by atoms with Crippen LogP contribution in [0.4, 0.5) is 0 Å². The lowest BCUT2D eigenvalue weighted by atomic mass is 9.80. The van der Waals surface area contributed by atoms with Gasteiger partial charge in [-0.1, -0.05) is 6.07 Å². The molecule has 0 unspecified atom stereocenters. The van der Waals surface area contributed by atoms with Gasteiger partial charge in [-0.25, -0.2) is 0 Å². The monoisotopic (exact) mass is 331 g/mol. The van der Waals surface area contributed by atoms with Gasteiger partial charge >= 0.3 is 0 Å². The summed E-state index contributed by atoms with van der Waals surface area (Å²) in [6.07, 6.45) is 2.63. The summed E-state index contributed by atoms with van der Waals surface area (Å²) in [6, 6.07) is 7.41. The molecule has 16 heavy (non-hydrogen) atoms. The lowest BCUT2D eigenvalue weighted by molar-refractivity contribution is -0.0300. The molecule has 1 amide bonds. The van der Waals surface area contributed by atoms with Crippen LogP contribution in [0.15, 0.2) is 24.3 Å². The van der Waals surface area contributed by atoms with Gasteiger partial charge in [0.1, 0.15) is 0 Å². The molecule has 0 saturated heterocycles. The molecule has 3 nitrogen and oxygen atoms in total. The summed E-state index contributed by atoms with van der Waals surface area (Å²) >= 11 is 2.17. The van der Waals surface area contributed by atoms with Crippen LogP contribution in [0.5, 0.6) is 0 Å². The second-order valence-electron chi connectivity index (χ2n) is 4.27. The molecular weight excluding hydrogens is 317 g/mol. The zero-order valence-electron chi connectivity index (χ0n) is 8.87. The minimum atomic E-state index is -0.655. The van der Waals surface area contributed by atoms with Gasteiger partial charge in [-0.15, -0.1) is 0 Å². The lowest BCUT2D eigenvalue weighted by Gasteiger charge is -2.36. The van der Waals surface area contributed by atoms with E-state index in [0.717, 1.165) is 22.8 Å². The van der Waals surface area contributed by atoms with E-state index in [2.05, 4.69) is 27.9 Å². The number of halogens is 1. The van der Waals surface area contributed by atoms with Gasteiger partial charge in [-0.05, 0) is 60.1 Å². The molecule has 1 fully saturated rings. The Balaban J connectivity index is 1.93. The molecule has 0 radical (unpaired) electrons. The predicted molar refractivity (Wildman–Crippen MR) is 70.3 cm³/mol. The van der Waals surface area contributed by atoms with Gasteiger partial charge in [0.05, 0.1) is 5.60 Å². The highest BCUT2D eigenvalue weighted by Gasteiger charge is 2.34. The third-order valence-corrected chi connectivity index (χ3v) is 3.62. The van der Waals surface area contributed by atoms with Gasteiger partial charge in [-0.2, -0.15) is 0 Å². The Hall–Kier alpha value is -0.620. The molecule has 0 aliphatic heterocycles. The van der Waals surface area contributed by atoms with Crippen molar-refractivity contribution in [2.75, 3.05) is 6.54 Å². The Kier molecular flexibility index (Phi) is 3.49. The highest BCUT2D eigenvalue weighted by atomic mass is 127. The fourth-order valence-electron chi connectivity index (χ4n) is 1.74. The average Bonchev–Trinajstić information content (AvgIpc) is 2.23. The van der Waals surface area contributed by atoms with Crippen LogP contribution in [-0.2, 0) is 0 Å². The Labute approximate surface area is 108 Å². The Morgan fingerprint density at radius 3 is 2.81 bits per heavy atom. The summed E-state index contributed by atoms with van der Waals surface area (Å²) in [4.78, 5) is 11.8. The normalized spacial score (nSPS) is 17.6. The van der Waals surface area contributed by atoms with E-state index in [1.165, 1.54) is 0 Å². The molecule has 1 aromatic carbocycles. The predicted octanol–water partition coefficient (Wildman–Crippen LogP) is 1.94. The summed E-state index contributed by atoms with van der Waals surface area (Å²) in [7, 11) is 0. The summed E-state index contributed by atoms with van der Waals surface area (Å²) in [5, 5.41) is 12.6. The van der Waals surface area contributed by atoms with E-state index in [1.54, 1.807) is 6.07 Å². The molecule has 0 bridgehead atoms. The van der Waals surface area contributed by atoms with Gasteiger partial charge in [0, 0.05) is 15.7 Å². The van der Waals surface area contributed by atoms with E-state index in [-0.39, 0.29) is 5.91 Å². The first kappa shape index (κ1) is 11.9. The molecule has 1 aliphatic carbocycles. The van der Waals surface area contributed by atoms with Crippen LogP contribution < -0.4 is 5.32 Å². The number of benzene rings is 1. The largest absolute Gasteiger partial charge is 0.388 e. The summed E-state index contributed by atoms with van der Waals surface area (Å²) < 4.78 is 1.03. The first-order valence-electron chi connectivity index (χ1n) is 5.35. The second kappa shape index (κ2) is 4.71. The summed E-state index contributed by atoms with van der Waals surface area (Å²) in [5.74, 6) is -0.112. The van der Waals surface area contributed by atoms with Gasteiger partial charge < -0.3 is 10.4 Å². The third kappa shape index (κ3) is 2.74. The van der Waals surface area contributed by atoms with Crippen LogP contribution in [0.25, 0.3) is 0 Å². The fourth-order valence-corrected chi connectivity index (χ4v) is 2.28. The number of aliphatic hydroxyl groups is 1. The first-order valence-corrected chi connectivity index (χ1v) is 6.43. The van der Waals surface area contributed by atoms with Crippen LogP contribution in [0, 0.1) is 3.57 Å². The molecule has 1 aromatic rings. The van der Waals surface area contributed by atoms with Crippen molar-refractivity contribution in [2.24, 2.45) is 0 Å². The molecule has 1 aliphatic rings. The molecule has 1 saturated carbocycles. The molecule has 0 heterocycles. The quantitative estimate of drug-likeness (QED) is 0.832. The second-order valence-corrected chi connectivity index (χ2v) is 5.52. The van der Waals surface area contributed by atoms with Crippen molar-refractivity contribution in [3.63, 3.8) is 0 Å². The van der Waals surface area contributed by atoms with Crippen molar-refractivity contribution in [1.82, 2.24) is 5.32 Å². The number of amides is 1. The van der Waals surface area contributed by atoms with Crippen LogP contribution in [-0.4, -0.2) is 23.2 Å². The van der Waals surface area contributed by atoms with E-state index in [0.29, 0.717) is 12.1 Å². The van der Waals surface area contributed by atoms with Crippen LogP contribution in [0.2, 0.25) is 0 Å². The van der Waals surface area contributed by atoms with Crippen molar-refractivity contribution in [3.05, 3.63) is 33.4 Å². The molecule has 0 aromatic heterocycles. The zero-order valence-corrected chi connectivity index (χ0v) is 11.0. The van der Waals surface area contributed by atoms with E-state index in [4.69, 9.17) is 0 Å². The molecule has 2 N–H and O–H groups in total. The van der Waals surface area contributed by atoms with Crippen molar-refractivity contribution in [2.45, 2.75) is 24.9 Å². The Bertz CT molecular complexity index is 402. The number of hydrogen-bond donors (Lipinski definition) is 2. The molecule has 0 atom stereocenters. The number of carbonyl (C=O) groups excluding carboxylic acids is 1. The maximum atomic E-state index is 11.8. The minimum absolute atomic E-state index is 0.112. The van der Waals surface area contributed by atoms with E-state index >= 15 is 0 Å². The zero-order chi connectivity index (χ0) is 11.6. The summed E-state index contributed by atoms with van der Waals surface area (Å²) in [5.41, 5.74) is -0.00718. The first-order chi connectivity index (χ1) is 7.59. The van der Waals surface area contributed by atoms with Gasteiger partial charge in [-0.3, -0.25) is 4.79 Å². The van der Waals surface area contributed by atoms with Crippen LogP contribution >= 0.6 is 22.6 Å². The van der Waals surface area contributed by atoms with E-state index in [1.807, 2.05) is 18.2 Å². The smallest absolute Gasteiger partial charge is 0.251 e. The number of hydrogen-bond acceptors (Lipinski definition) is 2.